The van der Waals surface area contributed by atoms with Gasteiger partial charge in [-0.3, -0.25) is 0 Å². The predicted octanol–water partition coefficient (Wildman–Crippen LogP) is 2.86. The molecule has 0 aromatic carbocycles. The molecule has 98 valence electrons. The van der Waals surface area contributed by atoms with Crippen molar-refractivity contribution >= 4 is 27.6 Å². The fourth-order valence-corrected chi connectivity index (χ4v) is 3.02. The van der Waals surface area contributed by atoms with E-state index in [-0.39, 0.29) is 0 Å². The Bertz CT molecular complexity index is 728. The number of aromatic nitrogens is 4. The van der Waals surface area contributed by atoms with Crippen LogP contribution < -0.4 is 5.73 Å². The van der Waals surface area contributed by atoms with Crippen molar-refractivity contribution < 1.29 is 0 Å². The minimum absolute atomic E-state index is 0.579. The molecule has 0 aliphatic heterocycles. The van der Waals surface area contributed by atoms with Crippen LogP contribution in [0.3, 0.4) is 0 Å². The van der Waals surface area contributed by atoms with Gasteiger partial charge in [0.25, 0.3) is 0 Å². The molecule has 3 aromatic rings. The summed E-state index contributed by atoms with van der Waals surface area (Å²) in [6, 6.07) is 3.89. The Balaban J connectivity index is 2.27. The van der Waals surface area contributed by atoms with Crippen molar-refractivity contribution in [1.82, 2.24) is 19.5 Å². The third-order valence-corrected chi connectivity index (χ3v) is 3.95. The number of hydrogen-bond acceptors (Lipinski definition) is 5. The third-order valence-electron chi connectivity index (χ3n) is 2.97. The van der Waals surface area contributed by atoms with Crippen LogP contribution in [-0.2, 0) is 6.54 Å². The van der Waals surface area contributed by atoms with Crippen molar-refractivity contribution in [3.63, 3.8) is 0 Å². The smallest absolute Gasteiger partial charge is 0.180 e. The molecule has 0 saturated carbocycles. The number of thiazole rings is 1. The number of anilines is 1. The number of aryl methyl sites for hydroxylation is 2. The highest BCUT2D eigenvalue weighted by Gasteiger charge is 2.17. The molecule has 0 spiro atoms. The molecule has 0 atom stereocenters. The molecule has 0 bridgehead atoms. The number of nitrogen functional groups attached to an aromatic ring is 1. The van der Waals surface area contributed by atoms with Crippen LogP contribution in [0.2, 0.25) is 0 Å². The molecular formula is C13H15N5S. The number of fused-ring (bicyclic) bond motifs is 1. The molecule has 0 amide bonds. The zero-order valence-corrected chi connectivity index (χ0v) is 11.7. The zero-order valence-electron chi connectivity index (χ0n) is 10.9. The van der Waals surface area contributed by atoms with Crippen LogP contribution in [-0.4, -0.2) is 19.5 Å². The van der Waals surface area contributed by atoms with Crippen LogP contribution in [0.1, 0.15) is 19.0 Å². The van der Waals surface area contributed by atoms with Gasteiger partial charge in [0.2, 0.25) is 0 Å². The van der Waals surface area contributed by atoms with E-state index in [0.29, 0.717) is 5.13 Å². The van der Waals surface area contributed by atoms with Crippen LogP contribution in [0.5, 0.6) is 0 Å². The molecule has 6 heteroatoms. The van der Waals surface area contributed by atoms with E-state index in [1.165, 1.54) is 11.3 Å². The summed E-state index contributed by atoms with van der Waals surface area (Å²) in [5, 5.41) is 0.579. The van der Waals surface area contributed by atoms with Gasteiger partial charge in [0.15, 0.2) is 16.6 Å². The van der Waals surface area contributed by atoms with E-state index in [9.17, 15) is 0 Å². The molecule has 0 radical (unpaired) electrons. The van der Waals surface area contributed by atoms with Crippen molar-refractivity contribution in [3.05, 3.63) is 24.0 Å². The minimum Gasteiger partial charge on any atom is -0.375 e. The first kappa shape index (κ1) is 12.1. The Morgan fingerprint density at radius 3 is 2.89 bits per heavy atom. The fourth-order valence-electron chi connectivity index (χ4n) is 2.19. The summed E-state index contributed by atoms with van der Waals surface area (Å²) in [5.41, 5.74) is 8.55. The molecular weight excluding hydrogens is 258 g/mol. The topological polar surface area (TPSA) is 69.6 Å². The van der Waals surface area contributed by atoms with Gasteiger partial charge in [0.05, 0.1) is 10.6 Å². The van der Waals surface area contributed by atoms with E-state index in [1.807, 2.05) is 19.1 Å². The summed E-state index contributed by atoms with van der Waals surface area (Å²) in [4.78, 5) is 14.4. The monoisotopic (exact) mass is 273 g/mol. The summed E-state index contributed by atoms with van der Waals surface area (Å²) >= 11 is 1.48. The maximum atomic E-state index is 5.79. The summed E-state index contributed by atoms with van der Waals surface area (Å²) in [6.45, 7) is 5.00. The van der Waals surface area contributed by atoms with Crippen molar-refractivity contribution in [3.8, 4) is 10.7 Å². The van der Waals surface area contributed by atoms with Crippen LogP contribution in [0, 0.1) is 6.92 Å². The second-order valence-electron chi connectivity index (χ2n) is 4.40. The molecule has 3 heterocycles. The van der Waals surface area contributed by atoms with Crippen molar-refractivity contribution in [2.75, 3.05) is 5.73 Å². The van der Waals surface area contributed by atoms with E-state index in [1.54, 1.807) is 6.20 Å². The molecule has 2 N–H and O–H groups in total. The van der Waals surface area contributed by atoms with E-state index in [4.69, 9.17) is 10.7 Å². The van der Waals surface area contributed by atoms with E-state index in [2.05, 4.69) is 21.5 Å². The van der Waals surface area contributed by atoms with Crippen LogP contribution in [0.15, 0.2) is 18.3 Å². The van der Waals surface area contributed by atoms with Gasteiger partial charge in [0.1, 0.15) is 5.52 Å². The first-order chi connectivity index (χ1) is 9.20. The van der Waals surface area contributed by atoms with Gasteiger partial charge in [0, 0.05) is 12.7 Å². The maximum absolute atomic E-state index is 5.79. The zero-order chi connectivity index (χ0) is 13.4. The normalized spacial score (nSPS) is 11.3. The van der Waals surface area contributed by atoms with Crippen molar-refractivity contribution in [1.29, 1.82) is 0 Å². The van der Waals surface area contributed by atoms with Gasteiger partial charge in [-0.25, -0.2) is 15.0 Å². The van der Waals surface area contributed by atoms with Gasteiger partial charge in [-0.1, -0.05) is 18.3 Å². The lowest BCUT2D eigenvalue weighted by Crippen LogP contribution is -2.00. The number of hydrogen-bond donors (Lipinski definition) is 1. The maximum Gasteiger partial charge on any atom is 0.180 e. The summed E-state index contributed by atoms with van der Waals surface area (Å²) in [7, 11) is 0. The number of rotatable bonds is 3. The van der Waals surface area contributed by atoms with Gasteiger partial charge < -0.3 is 10.3 Å². The molecule has 5 nitrogen and oxygen atoms in total. The molecule has 0 fully saturated rings. The number of imidazole rings is 1. The van der Waals surface area contributed by atoms with Gasteiger partial charge in [-0.05, 0) is 25.5 Å². The predicted molar refractivity (Wildman–Crippen MR) is 78.1 cm³/mol. The fraction of sp³-hybridized carbons (Fsp3) is 0.308. The number of nitrogens with zero attached hydrogens (tertiary/aromatic N) is 4. The number of pyridine rings is 1. The lowest BCUT2D eigenvalue weighted by atomic mass is 10.3. The second-order valence-corrected chi connectivity index (χ2v) is 5.43. The number of nitrogens with two attached hydrogens (primary N) is 1. The van der Waals surface area contributed by atoms with E-state index >= 15 is 0 Å². The molecule has 0 aliphatic carbocycles. The highest BCUT2D eigenvalue weighted by Crippen LogP contribution is 2.32. The average Bonchev–Trinajstić information content (AvgIpc) is 2.91. The summed E-state index contributed by atoms with van der Waals surface area (Å²) in [6.07, 6.45) is 2.83. The highest BCUT2D eigenvalue weighted by molar-refractivity contribution is 7.18. The highest BCUT2D eigenvalue weighted by atomic mass is 32.1. The molecule has 0 saturated heterocycles. The Morgan fingerprint density at radius 1 is 1.37 bits per heavy atom. The lowest BCUT2D eigenvalue weighted by Gasteiger charge is -2.05. The Labute approximate surface area is 115 Å². The van der Waals surface area contributed by atoms with Gasteiger partial charge in [-0.15, -0.1) is 0 Å². The Hall–Kier alpha value is -1.95. The molecule has 3 aromatic heterocycles. The minimum atomic E-state index is 0.579. The third kappa shape index (κ3) is 1.98. The second kappa shape index (κ2) is 4.62. The van der Waals surface area contributed by atoms with Crippen molar-refractivity contribution in [2.45, 2.75) is 26.8 Å². The summed E-state index contributed by atoms with van der Waals surface area (Å²) in [5.74, 6) is 0.919. The summed E-state index contributed by atoms with van der Waals surface area (Å²) < 4.78 is 2.15. The van der Waals surface area contributed by atoms with Gasteiger partial charge >= 0.3 is 0 Å². The van der Waals surface area contributed by atoms with Crippen LogP contribution >= 0.6 is 11.3 Å². The van der Waals surface area contributed by atoms with Crippen LogP contribution in [0.4, 0.5) is 5.13 Å². The first-order valence-electron chi connectivity index (χ1n) is 6.25. The molecule has 19 heavy (non-hydrogen) atoms. The Morgan fingerprint density at radius 2 is 2.21 bits per heavy atom. The van der Waals surface area contributed by atoms with Gasteiger partial charge in [-0.2, -0.15) is 0 Å². The molecule has 0 unspecified atom stereocenters. The lowest BCUT2D eigenvalue weighted by molar-refractivity contribution is 0.699. The Kier molecular flexibility index (Phi) is 2.94. The van der Waals surface area contributed by atoms with Crippen molar-refractivity contribution in [2.24, 2.45) is 0 Å². The first-order valence-corrected chi connectivity index (χ1v) is 7.07. The molecule has 3 rings (SSSR count). The standard InChI is InChI=1S/C13H15N5S/c1-3-7-18-11-9(5-4-6-15-11)17-12(18)10-8(2)16-13(14)19-10/h4-6H,3,7H2,1-2H3,(H2,14,16). The SMILES string of the molecule is CCCn1c(-c2sc(N)nc2C)nc2cccnc21. The largest absolute Gasteiger partial charge is 0.375 e. The van der Waals surface area contributed by atoms with Crippen LogP contribution in [0.25, 0.3) is 21.9 Å². The van der Waals surface area contributed by atoms with E-state index < -0.39 is 0 Å². The quantitative estimate of drug-likeness (QED) is 0.796. The average molecular weight is 273 g/mol. The molecule has 0 aliphatic rings. The van der Waals surface area contributed by atoms with E-state index in [0.717, 1.165) is 40.5 Å².